The highest BCUT2D eigenvalue weighted by Gasteiger charge is 2.25. The number of ether oxygens (including phenoxy) is 2. The molecule has 3 rings (SSSR count). The third-order valence-corrected chi connectivity index (χ3v) is 8.01. The van der Waals surface area contributed by atoms with Crippen LogP contribution < -0.4 is 9.47 Å². The van der Waals surface area contributed by atoms with Crippen LogP contribution in [0.5, 0.6) is 11.5 Å². The van der Waals surface area contributed by atoms with E-state index in [4.69, 9.17) is 21.1 Å². The van der Waals surface area contributed by atoms with Crippen LogP contribution in [0.25, 0.3) is 0 Å². The summed E-state index contributed by atoms with van der Waals surface area (Å²) < 4.78 is 34.7. The molecule has 3 aromatic rings. The average Bonchev–Trinajstić information content (AvgIpc) is 3.26. The fraction of sp³-hybridized carbons (Fsp3) is 0.333. The van der Waals surface area contributed by atoms with Crippen molar-refractivity contribution in [1.29, 1.82) is 5.26 Å². The molecule has 6 nitrogen and oxygen atoms in total. The number of nitriles is 1. The molecule has 0 N–H and O–H groups in total. The normalized spacial score (nSPS) is 11.8. The maximum absolute atomic E-state index is 11.6. The molecule has 0 aliphatic rings. The van der Waals surface area contributed by atoms with Gasteiger partial charge in [-0.1, -0.05) is 32.0 Å². The Kier molecular flexibility index (Phi) is 7.68. The van der Waals surface area contributed by atoms with Crippen molar-refractivity contribution in [2.45, 2.75) is 37.1 Å². The van der Waals surface area contributed by atoms with Gasteiger partial charge in [0.1, 0.15) is 30.8 Å². The van der Waals surface area contributed by atoms with Gasteiger partial charge in [0.25, 0.3) is 0 Å². The molecule has 1 heterocycles. The van der Waals surface area contributed by atoms with Gasteiger partial charge >= 0.3 is 0 Å². The fourth-order valence-corrected chi connectivity index (χ4v) is 5.10. The van der Waals surface area contributed by atoms with Gasteiger partial charge in [-0.2, -0.15) is 5.26 Å². The Bertz CT molecular complexity index is 1280. The molecule has 0 saturated heterocycles. The zero-order valence-electron chi connectivity index (χ0n) is 18.9. The Morgan fingerprint density at radius 1 is 1.15 bits per heavy atom. The summed E-state index contributed by atoms with van der Waals surface area (Å²) in [6, 6.07) is 13.8. The maximum Gasteiger partial charge on any atom is 0.209 e. The minimum absolute atomic E-state index is 0.0873. The third-order valence-electron chi connectivity index (χ3n) is 5.25. The van der Waals surface area contributed by atoms with Crippen LogP contribution in [0.2, 0.25) is 0 Å². The van der Waals surface area contributed by atoms with Crippen molar-refractivity contribution >= 4 is 32.8 Å². The van der Waals surface area contributed by atoms with Crippen LogP contribution in [0.1, 0.15) is 41.8 Å². The Morgan fingerprint density at radius 3 is 2.42 bits per heavy atom. The Hall–Kier alpha value is -2.60. The van der Waals surface area contributed by atoms with Crippen LogP contribution in [0.3, 0.4) is 0 Å². The van der Waals surface area contributed by atoms with E-state index in [0.717, 1.165) is 34.3 Å². The number of hydrogen-bond acceptors (Lipinski definition) is 7. The van der Waals surface area contributed by atoms with E-state index in [-0.39, 0.29) is 16.4 Å². The number of halogens is 1. The van der Waals surface area contributed by atoms with E-state index in [1.165, 1.54) is 0 Å². The number of nitrogens with zero attached hydrogens (tertiary/aromatic N) is 2. The monoisotopic (exact) mass is 504 g/mol. The first-order valence-electron chi connectivity index (χ1n) is 10.2. The van der Waals surface area contributed by atoms with Gasteiger partial charge in [-0.05, 0) is 41.8 Å². The van der Waals surface area contributed by atoms with E-state index in [1.54, 1.807) is 5.38 Å². The van der Waals surface area contributed by atoms with Gasteiger partial charge in [0, 0.05) is 17.1 Å². The molecular formula is C24H25ClN2O4S2. The van der Waals surface area contributed by atoms with E-state index in [2.05, 4.69) is 24.9 Å². The van der Waals surface area contributed by atoms with Crippen LogP contribution in [0, 0.1) is 18.3 Å². The highest BCUT2D eigenvalue weighted by atomic mass is 35.5. The number of rotatable bonds is 9. The van der Waals surface area contributed by atoms with Crippen molar-refractivity contribution < 1.29 is 17.9 Å². The lowest BCUT2D eigenvalue weighted by Gasteiger charge is -2.27. The molecule has 1 aromatic heterocycles. The van der Waals surface area contributed by atoms with Gasteiger partial charge in [0.2, 0.25) is 14.2 Å². The first kappa shape index (κ1) is 25.0. The Morgan fingerprint density at radius 2 is 1.85 bits per heavy atom. The Labute approximate surface area is 203 Å². The number of aryl methyl sites for hydroxylation is 1. The predicted octanol–water partition coefficient (Wildman–Crippen LogP) is 5.25. The fourth-order valence-electron chi connectivity index (χ4n) is 3.37. The number of aromatic nitrogens is 1. The first-order chi connectivity index (χ1) is 15.6. The summed E-state index contributed by atoms with van der Waals surface area (Å²) in [5, 5.41) is 11.3. The van der Waals surface area contributed by atoms with Gasteiger partial charge < -0.3 is 9.47 Å². The van der Waals surface area contributed by atoms with Crippen LogP contribution in [-0.2, 0) is 21.9 Å². The first-order valence-corrected chi connectivity index (χ1v) is 13.5. The molecule has 2 aromatic carbocycles. The van der Waals surface area contributed by atoms with Gasteiger partial charge in [-0.25, -0.2) is 13.4 Å². The van der Waals surface area contributed by atoms with Crippen molar-refractivity contribution in [1.82, 2.24) is 4.98 Å². The molecule has 174 valence electrons. The summed E-state index contributed by atoms with van der Waals surface area (Å²) >= 11 is 6.81. The number of benzene rings is 2. The highest BCUT2D eigenvalue weighted by molar-refractivity contribution is 7.92. The molecule has 0 fully saturated rings. The van der Waals surface area contributed by atoms with Crippen molar-refractivity contribution in [3.63, 3.8) is 0 Å². The summed E-state index contributed by atoms with van der Waals surface area (Å²) in [6.45, 7) is 6.65. The molecule has 0 atom stereocenters. The molecule has 33 heavy (non-hydrogen) atoms. The molecular weight excluding hydrogens is 480 g/mol. The molecule has 0 aliphatic heterocycles. The highest BCUT2D eigenvalue weighted by Crippen LogP contribution is 2.36. The van der Waals surface area contributed by atoms with Crippen LogP contribution in [-0.4, -0.2) is 32.1 Å². The van der Waals surface area contributed by atoms with E-state index in [0.29, 0.717) is 35.2 Å². The molecule has 0 unspecified atom stereocenters. The van der Waals surface area contributed by atoms with Gasteiger partial charge in [-0.3, -0.25) is 0 Å². The summed E-state index contributed by atoms with van der Waals surface area (Å²) in [4.78, 5) is 4.10. The van der Waals surface area contributed by atoms with Crippen molar-refractivity contribution in [2.24, 2.45) is 0 Å². The number of thiazole rings is 1. The third kappa shape index (κ3) is 5.85. The molecule has 0 radical (unpaired) electrons. The molecule has 9 heteroatoms. The standard InChI is InChI=1S/C24H25ClN2O4S2/c1-16-11-19(12-17(13-26)22(16)30-10-9-25)24(2,3)18-5-7-21(8-6-18)31-14-20-15-32-23(27-20)33(4,28)29/h5-8,11-12,15H,9-10,14H2,1-4H3. The van der Waals surface area contributed by atoms with Crippen molar-refractivity contribution in [3.05, 3.63) is 69.7 Å². The van der Waals surface area contributed by atoms with E-state index >= 15 is 0 Å². The van der Waals surface area contributed by atoms with Crippen LogP contribution >= 0.6 is 22.9 Å². The summed E-state index contributed by atoms with van der Waals surface area (Å²) in [6.07, 6.45) is 1.14. The lowest BCUT2D eigenvalue weighted by molar-refractivity contribution is 0.301. The van der Waals surface area contributed by atoms with E-state index < -0.39 is 9.84 Å². The minimum atomic E-state index is -3.31. The van der Waals surface area contributed by atoms with Gasteiger partial charge in [0.05, 0.1) is 17.1 Å². The number of alkyl halides is 1. The van der Waals surface area contributed by atoms with Crippen LogP contribution in [0.15, 0.2) is 46.1 Å². The summed E-state index contributed by atoms with van der Waals surface area (Å²) in [5.74, 6) is 1.58. The van der Waals surface area contributed by atoms with Gasteiger partial charge in [0.15, 0.2) is 0 Å². The topological polar surface area (TPSA) is 89.3 Å². The largest absolute Gasteiger partial charge is 0.491 e. The minimum Gasteiger partial charge on any atom is -0.491 e. The maximum atomic E-state index is 11.6. The molecule has 0 spiro atoms. The average molecular weight is 505 g/mol. The molecule has 0 aliphatic carbocycles. The zero-order chi connectivity index (χ0) is 24.2. The van der Waals surface area contributed by atoms with Crippen molar-refractivity contribution in [3.8, 4) is 17.6 Å². The van der Waals surface area contributed by atoms with E-state index in [1.807, 2.05) is 43.3 Å². The second-order valence-corrected chi connectivity index (χ2v) is 11.6. The zero-order valence-corrected chi connectivity index (χ0v) is 21.3. The number of sulfone groups is 1. The lowest BCUT2D eigenvalue weighted by atomic mass is 9.77. The number of hydrogen-bond donors (Lipinski definition) is 0. The molecule has 0 bridgehead atoms. The second kappa shape index (κ2) is 10.1. The predicted molar refractivity (Wildman–Crippen MR) is 130 cm³/mol. The van der Waals surface area contributed by atoms with E-state index in [9.17, 15) is 13.7 Å². The Balaban J connectivity index is 1.77. The van der Waals surface area contributed by atoms with Crippen LogP contribution in [0.4, 0.5) is 0 Å². The van der Waals surface area contributed by atoms with Crippen molar-refractivity contribution in [2.75, 3.05) is 18.7 Å². The SMILES string of the molecule is Cc1cc(C(C)(C)c2ccc(OCc3csc(S(C)(=O)=O)n3)cc2)cc(C#N)c1OCCCl. The summed E-state index contributed by atoms with van der Waals surface area (Å²) in [5.41, 5.74) is 3.64. The quantitative estimate of drug-likeness (QED) is 0.370. The summed E-state index contributed by atoms with van der Waals surface area (Å²) in [7, 11) is -3.31. The van der Waals surface area contributed by atoms with Gasteiger partial charge in [-0.15, -0.1) is 22.9 Å². The second-order valence-electron chi connectivity index (χ2n) is 8.13. The lowest BCUT2D eigenvalue weighted by Crippen LogP contribution is -2.19. The molecule has 0 amide bonds. The molecule has 0 saturated carbocycles. The smallest absolute Gasteiger partial charge is 0.209 e.